The molecule has 1 aromatic carbocycles. The van der Waals surface area contributed by atoms with E-state index in [0.29, 0.717) is 0 Å². The number of nitrogens with zero attached hydrogens (tertiary/aromatic N) is 3. The van der Waals surface area contributed by atoms with Gasteiger partial charge in [0.05, 0.1) is 11.9 Å². The minimum absolute atomic E-state index is 0.964. The van der Waals surface area contributed by atoms with Crippen LogP contribution in [0.3, 0.4) is 0 Å². The Labute approximate surface area is 116 Å². The number of benzene rings is 1. The van der Waals surface area contributed by atoms with Crippen LogP contribution in [-0.2, 0) is 6.42 Å². The number of aryl methyl sites for hydroxylation is 4. The number of fused-ring (bicyclic) bond motifs is 1. The van der Waals surface area contributed by atoms with Crippen molar-refractivity contribution in [2.75, 3.05) is 0 Å². The normalized spacial score (nSPS) is 11.4. The van der Waals surface area contributed by atoms with Crippen molar-refractivity contribution in [3.8, 4) is 11.3 Å². The molecule has 3 aromatic rings. The predicted molar refractivity (Wildman–Crippen MR) is 79.9 cm³/mol. The highest BCUT2D eigenvalue weighted by atomic mass is 32.1. The van der Waals surface area contributed by atoms with Crippen molar-refractivity contribution in [3.63, 3.8) is 0 Å². The van der Waals surface area contributed by atoms with Gasteiger partial charge < -0.3 is 0 Å². The van der Waals surface area contributed by atoms with Crippen LogP contribution in [-0.4, -0.2) is 14.6 Å². The average molecular weight is 271 g/mol. The van der Waals surface area contributed by atoms with E-state index in [0.717, 1.165) is 22.1 Å². The van der Waals surface area contributed by atoms with Gasteiger partial charge in [0.1, 0.15) is 5.01 Å². The molecule has 0 amide bonds. The molecule has 0 aliphatic carbocycles. The van der Waals surface area contributed by atoms with Gasteiger partial charge in [0, 0.05) is 5.56 Å². The highest BCUT2D eigenvalue weighted by molar-refractivity contribution is 7.16. The molecule has 0 aliphatic rings. The van der Waals surface area contributed by atoms with Gasteiger partial charge in [-0.05, 0) is 38.3 Å². The molecular weight excluding hydrogens is 254 g/mol. The third-order valence-corrected chi connectivity index (χ3v) is 4.39. The highest BCUT2D eigenvalue weighted by Crippen LogP contribution is 2.29. The van der Waals surface area contributed by atoms with Gasteiger partial charge >= 0.3 is 0 Å². The van der Waals surface area contributed by atoms with E-state index in [2.05, 4.69) is 44.9 Å². The van der Waals surface area contributed by atoms with Crippen LogP contribution >= 0.6 is 11.3 Å². The minimum atomic E-state index is 0.964. The molecule has 19 heavy (non-hydrogen) atoms. The first-order valence-corrected chi connectivity index (χ1v) is 7.33. The zero-order valence-corrected chi connectivity index (χ0v) is 12.5. The zero-order valence-electron chi connectivity index (χ0n) is 11.7. The Kier molecular flexibility index (Phi) is 2.90. The molecule has 0 radical (unpaired) electrons. The molecule has 0 fully saturated rings. The summed E-state index contributed by atoms with van der Waals surface area (Å²) in [6.45, 7) is 8.54. The van der Waals surface area contributed by atoms with Crippen molar-refractivity contribution >= 4 is 16.3 Å². The molecule has 0 bridgehead atoms. The first-order valence-electron chi connectivity index (χ1n) is 6.51. The highest BCUT2D eigenvalue weighted by Gasteiger charge is 2.13. The van der Waals surface area contributed by atoms with Gasteiger partial charge in [-0.1, -0.05) is 36.0 Å². The molecule has 0 spiro atoms. The maximum Gasteiger partial charge on any atom is 0.212 e. The Morgan fingerprint density at radius 2 is 1.84 bits per heavy atom. The SMILES string of the molecule is CCc1nn2cc(-c3c(C)cc(C)cc3C)nc2s1. The summed E-state index contributed by atoms with van der Waals surface area (Å²) in [6, 6.07) is 4.42. The lowest BCUT2D eigenvalue weighted by Gasteiger charge is -2.08. The Morgan fingerprint density at radius 1 is 1.16 bits per heavy atom. The molecule has 2 heterocycles. The summed E-state index contributed by atoms with van der Waals surface area (Å²) >= 11 is 1.67. The van der Waals surface area contributed by atoms with E-state index < -0.39 is 0 Å². The van der Waals surface area contributed by atoms with Crippen LogP contribution < -0.4 is 0 Å². The molecule has 0 N–H and O–H groups in total. The van der Waals surface area contributed by atoms with Gasteiger partial charge in [-0.15, -0.1) is 0 Å². The molecule has 2 aromatic heterocycles. The number of hydrogen-bond donors (Lipinski definition) is 0. The molecule has 0 aliphatic heterocycles. The lowest BCUT2D eigenvalue weighted by molar-refractivity contribution is 0.910. The van der Waals surface area contributed by atoms with Crippen molar-refractivity contribution in [1.29, 1.82) is 0 Å². The number of aromatic nitrogens is 3. The molecular formula is C15H17N3S. The minimum Gasteiger partial charge on any atom is -0.217 e. The van der Waals surface area contributed by atoms with Crippen LogP contribution in [0.1, 0.15) is 28.6 Å². The summed E-state index contributed by atoms with van der Waals surface area (Å²) in [5.41, 5.74) is 6.11. The topological polar surface area (TPSA) is 30.2 Å². The lowest BCUT2D eigenvalue weighted by atomic mass is 9.98. The fourth-order valence-electron chi connectivity index (χ4n) is 2.59. The van der Waals surface area contributed by atoms with Crippen molar-refractivity contribution in [3.05, 3.63) is 40.0 Å². The van der Waals surface area contributed by atoms with Gasteiger partial charge in [0.2, 0.25) is 4.96 Å². The summed E-state index contributed by atoms with van der Waals surface area (Å²) in [6.07, 6.45) is 3.00. The van der Waals surface area contributed by atoms with Crippen LogP contribution in [0, 0.1) is 20.8 Å². The summed E-state index contributed by atoms with van der Waals surface area (Å²) in [5, 5.41) is 5.66. The van der Waals surface area contributed by atoms with Crippen molar-refractivity contribution < 1.29 is 0 Å². The van der Waals surface area contributed by atoms with E-state index in [9.17, 15) is 0 Å². The summed E-state index contributed by atoms with van der Waals surface area (Å²) in [5.74, 6) is 0. The van der Waals surface area contributed by atoms with Crippen LogP contribution in [0.5, 0.6) is 0 Å². The van der Waals surface area contributed by atoms with Gasteiger partial charge in [-0.2, -0.15) is 5.10 Å². The van der Waals surface area contributed by atoms with E-state index in [1.54, 1.807) is 11.3 Å². The Morgan fingerprint density at radius 3 is 2.42 bits per heavy atom. The van der Waals surface area contributed by atoms with Crippen molar-refractivity contribution in [2.24, 2.45) is 0 Å². The standard InChI is InChI=1S/C15H17N3S/c1-5-13-17-18-8-12(16-15(18)19-13)14-10(3)6-9(2)7-11(14)4/h6-8H,5H2,1-4H3. The second-order valence-electron chi connectivity index (χ2n) is 4.98. The largest absolute Gasteiger partial charge is 0.217 e. The van der Waals surface area contributed by atoms with Crippen LogP contribution in [0.25, 0.3) is 16.2 Å². The maximum absolute atomic E-state index is 4.72. The molecule has 98 valence electrons. The van der Waals surface area contributed by atoms with E-state index >= 15 is 0 Å². The zero-order chi connectivity index (χ0) is 13.6. The lowest BCUT2D eigenvalue weighted by Crippen LogP contribution is -1.90. The molecule has 0 saturated carbocycles. The van der Waals surface area contributed by atoms with Crippen LogP contribution in [0.15, 0.2) is 18.3 Å². The smallest absolute Gasteiger partial charge is 0.212 e. The molecule has 3 nitrogen and oxygen atoms in total. The summed E-state index contributed by atoms with van der Waals surface area (Å²) in [4.78, 5) is 5.70. The first-order chi connectivity index (χ1) is 9.08. The Hall–Kier alpha value is -1.68. The predicted octanol–water partition coefficient (Wildman–Crippen LogP) is 3.95. The second kappa shape index (κ2) is 4.46. The van der Waals surface area contributed by atoms with E-state index in [4.69, 9.17) is 4.98 Å². The third kappa shape index (κ3) is 2.06. The second-order valence-corrected chi connectivity index (χ2v) is 6.02. The fourth-order valence-corrected chi connectivity index (χ4v) is 3.40. The molecule has 0 unspecified atom stereocenters. The van der Waals surface area contributed by atoms with Gasteiger partial charge in [-0.3, -0.25) is 0 Å². The van der Waals surface area contributed by atoms with E-state index in [-0.39, 0.29) is 0 Å². The van der Waals surface area contributed by atoms with Gasteiger partial charge in [0.15, 0.2) is 0 Å². The quantitative estimate of drug-likeness (QED) is 0.706. The summed E-state index contributed by atoms with van der Waals surface area (Å²) < 4.78 is 1.90. The monoisotopic (exact) mass is 271 g/mol. The summed E-state index contributed by atoms with van der Waals surface area (Å²) in [7, 11) is 0. The molecule has 3 rings (SSSR count). The van der Waals surface area contributed by atoms with Crippen molar-refractivity contribution in [2.45, 2.75) is 34.1 Å². The van der Waals surface area contributed by atoms with Gasteiger partial charge in [-0.25, -0.2) is 9.50 Å². The Balaban J connectivity index is 2.16. The number of hydrogen-bond acceptors (Lipinski definition) is 3. The van der Waals surface area contributed by atoms with Crippen LogP contribution in [0.4, 0.5) is 0 Å². The van der Waals surface area contributed by atoms with Crippen LogP contribution in [0.2, 0.25) is 0 Å². The Bertz CT molecular complexity index is 697. The van der Waals surface area contributed by atoms with Gasteiger partial charge in [0.25, 0.3) is 0 Å². The van der Waals surface area contributed by atoms with E-state index in [1.807, 2.05) is 10.7 Å². The number of rotatable bonds is 2. The average Bonchev–Trinajstić information content (AvgIpc) is 2.84. The van der Waals surface area contributed by atoms with Crippen molar-refractivity contribution in [1.82, 2.24) is 14.6 Å². The molecule has 0 atom stereocenters. The maximum atomic E-state index is 4.72. The first kappa shape index (κ1) is 12.4. The molecule has 4 heteroatoms. The number of imidazole rings is 1. The van der Waals surface area contributed by atoms with E-state index in [1.165, 1.54) is 22.3 Å². The molecule has 0 saturated heterocycles. The fraction of sp³-hybridized carbons (Fsp3) is 0.333. The third-order valence-electron chi connectivity index (χ3n) is 3.32.